The Hall–Kier alpha value is -1.30. The van der Waals surface area contributed by atoms with E-state index in [2.05, 4.69) is 4.98 Å². The fourth-order valence-corrected chi connectivity index (χ4v) is 0.912. The minimum Gasteiger partial charge on any atom is -0.258 e. The molecule has 0 aliphatic carbocycles. The van der Waals surface area contributed by atoms with Gasteiger partial charge in [-0.1, -0.05) is 11.6 Å². The summed E-state index contributed by atoms with van der Waals surface area (Å²) in [6, 6.07) is 1.99. The molecule has 1 rings (SSSR count). The summed E-state index contributed by atoms with van der Waals surface area (Å²) >= 11 is 5.30. The Morgan fingerprint density at radius 2 is 2.15 bits per heavy atom. The summed E-state index contributed by atoms with van der Waals surface area (Å²) in [6.07, 6.45) is -3.00. The number of pyridine rings is 1. The van der Waals surface area contributed by atoms with E-state index in [4.69, 9.17) is 11.6 Å². The van der Waals surface area contributed by atoms with Crippen LogP contribution in [0.25, 0.3) is 0 Å². The van der Waals surface area contributed by atoms with Gasteiger partial charge in [-0.25, -0.2) is 13.8 Å². The van der Waals surface area contributed by atoms with E-state index in [0.717, 1.165) is 12.1 Å². The lowest BCUT2D eigenvalue weighted by molar-refractivity contribution is -0.386. The highest BCUT2D eigenvalue weighted by molar-refractivity contribution is 6.29. The Labute approximate surface area is 76.3 Å². The minimum atomic E-state index is -3.00. The molecule has 70 valence electrons. The van der Waals surface area contributed by atoms with Crippen molar-refractivity contribution in [1.29, 1.82) is 0 Å². The molecule has 1 heterocycles. The molecule has 0 aliphatic rings. The molecule has 0 aliphatic heterocycles. The summed E-state index contributed by atoms with van der Waals surface area (Å²) < 4.78 is 24.3. The summed E-state index contributed by atoms with van der Waals surface area (Å²) in [5, 5.41) is 10.0. The number of nitro groups is 1. The third-order valence-electron chi connectivity index (χ3n) is 1.27. The predicted octanol–water partition coefficient (Wildman–Crippen LogP) is 2.58. The molecule has 1 aromatic heterocycles. The highest BCUT2D eigenvalue weighted by atomic mass is 35.5. The molecule has 0 N–H and O–H groups in total. The van der Waals surface area contributed by atoms with E-state index in [-0.39, 0.29) is 5.15 Å². The van der Waals surface area contributed by atoms with Crippen LogP contribution in [0.4, 0.5) is 14.5 Å². The molecule has 0 spiro atoms. The summed E-state index contributed by atoms with van der Waals surface area (Å²) in [5.41, 5.74) is -1.63. The van der Waals surface area contributed by atoms with Gasteiger partial charge >= 0.3 is 0 Å². The van der Waals surface area contributed by atoms with E-state index >= 15 is 0 Å². The summed E-state index contributed by atoms with van der Waals surface area (Å²) in [6.45, 7) is 0. The maximum Gasteiger partial charge on any atom is 0.296 e. The van der Waals surface area contributed by atoms with Crippen molar-refractivity contribution in [1.82, 2.24) is 4.98 Å². The van der Waals surface area contributed by atoms with Gasteiger partial charge in [-0.2, -0.15) is 0 Å². The number of hydrogen-bond acceptors (Lipinski definition) is 3. The third-order valence-corrected chi connectivity index (χ3v) is 1.48. The van der Waals surface area contributed by atoms with E-state index in [9.17, 15) is 18.9 Å². The maximum atomic E-state index is 12.1. The van der Waals surface area contributed by atoms with Crippen LogP contribution < -0.4 is 0 Å². The molecule has 13 heavy (non-hydrogen) atoms. The van der Waals surface area contributed by atoms with Crippen LogP contribution in [0, 0.1) is 10.1 Å². The van der Waals surface area contributed by atoms with Gasteiger partial charge < -0.3 is 0 Å². The molecule has 0 bridgehead atoms. The molecule has 0 atom stereocenters. The van der Waals surface area contributed by atoms with Gasteiger partial charge in [-0.15, -0.1) is 0 Å². The second-order valence-corrected chi connectivity index (χ2v) is 2.48. The van der Waals surface area contributed by atoms with Crippen LogP contribution in [0.1, 0.15) is 12.1 Å². The minimum absolute atomic E-state index is 0.194. The zero-order chi connectivity index (χ0) is 10.0. The number of alkyl halides is 2. The molecule has 0 unspecified atom stereocenters. The van der Waals surface area contributed by atoms with Gasteiger partial charge in [0.15, 0.2) is 5.69 Å². The van der Waals surface area contributed by atoms with Crippen molar-refractivity contribution in [3.05, 3.63) is 33.1 Å². The fraction of sp³-hybridized carbons (Fsp3) is 0.167. The number of nitrogens with zero attached hydrogens (tertiary/aromatic N) is 2. The first kappa shape index (κ1) is 9.79. The first-order valence-electron chi connectivity index (χ1n) is 3.11. The smallest absolute Gasteiger partial charge is 0.258 e. The fourth-order valence-electron chi connectivity index (χ4n) is 0.758. The predicted molar refractivity (Wildman–Crippen MR) is 40.9 cm³/mol. The van der Waals surface area contributed by atoms with Crippen LogP contribution in [-0.4, -0.2) is 9.91 Å². The molecule has 0 saturated carbocycles. The van der Waals surface area contributed by atoms with E-state index in [1.54, 1.807) is 0 Å². The third kappa shape index (κ3) is 2.09. The normalized spacial score (nSPS) is 10.5. The molecule has 0 saturated heterocycles. The topological polar surface area (TPSA) is 56.0 Å². The monoisotopic (exact) mass is 208 g/mol. The largest absolute Gasteiger partial charge is 0.296 e. The van der Waals surface area contributed by atoms with E-state index in [1.807, 2.05) is 0 Å². The molecule has 0 aromatic carbocycles. The SMILES string of the molecule is O=[N+]([O-])c1ccc(Cl)nc1C(F)F. The van der Waals surface area contributed by atoms with E-state index in [1.165, 1.54) is 0 Å². The van der Waals surface area contributed by atoms with Crippen molar-refractivity contribution < 1.29 is 13.7 Å². The number of hydrogen-bond donors (Lipinski definition) is 0. The molecule has 0 amide bonds. The Morgan fingerprint density at radius 3 is 2.62 bits per heavy atom. The van der Waals surface area contributed by atoms with Crippen LogP contribution in [0.5, 0.6) is 0 Å². The Kier molecular flexibility index (Phi) is 2.72. The Balaban J connectivity index is 3.26. The molecular weight excluding hydrogens is 206 g/mol. The highest BCUT2D eigenvalue weighted by Gasteiger charge is 2.23. The van der Waals surface area contributed by atoms with Gasteiger partial charge in [-0.05, 0) is 6.07 Å². The Bertz CT molecular complexity index is 345. The lowest BCUT2D eigenvalue weighted by atomic mass is 10.3. The number of rotatable bonds is 2. The average Bonchev–Trinajstić information content (AvgIpc) is 2.03. The maximum absolute atomic E-state index is 12.1. The summed E-state index contributed by atoms with van der Waals surface area (Å²) in [5.74, 6) is 0. The Morgan fingerprint density at radius 1 is 1.54 bits per heavy atom. The van der Waals surface area contributed by atoms with Gasteiger partial charge in [0.1, 0.15) is 5.15 Å². The van der Waals surface area contributed by atoms with Crippen molar-refractivity contribution in [3.8, 4) is 0 Å². The second kappa shape index (κ2) is 3.61. The van der Waals surface area contributed by atoms with Crippen molar-refractivity contribution in [3.63, 3.8) is 0 Å². The van der Waals surface area contributed by atoms with Crippen molar-refractivity contribution in [2.75, 3.05) is 0 Å². The highest BCUT2D eigenvalue weighted by Crippen LogP contribution is 2.27. The van der Waals surface area contributed by atoms with Gasteiger partial charge in [-0.3, -0.25) is 10.1 Å². The number of aromatic nitrogens is 1. The van der Waals surface area contributed by atoms with Gasteiger partial charge in [0, 0.05) is 6.07 Å². The molecule has 0 fully saturated rings. The first-order valence-corrected chi connectivity index (χ1v) is 3.49. The zero-order valence-electron chi connectivity index (χ0n) is 6.08. The molecule has 7 heteroatoms. The van der Waals surface area contributed by atoms with Crippen LogP contribution in [0.15, 0.2) is 12.1 Å². The van der Waals surface area contributed by atoms with Gasteiger partial charge in [0.2, 0.25) is 0 Å². The molecule has 4 nitrogen and oxygen atoms in total. The van der Waals surface area contributed by atoms with Gasteiger partial charge in [0.05, 0.1) is 4.92 Å². The van der Waals surface area contributed by atoms with Crippen molar-refractivity contribution in [2.45, 2.75) is 6.43 Å². The van der Waals surface area contributed by atoms with Crippen LogP contribution >= 0.6 is 11.6 Å². The lowest BCUT2D eigenvalue weighted by Gasteiger charge is -1.99. The second-order valence-electron chi connectivity index (χ2n) is 2.10. The van der Waals surface area contributed by atoms with Crippen molar-refractivity contribution >= 4 is 17.3 Å². The quantitative estimate of drug-likeness (QED) is 0.426. The van der Waals surface area contributed by atoms with Crippen molar-refractivity contribution in [2.24, 2.45) is 0 Å². The van der Waals surface area contributed by atoms with Crippen LogP contribution in [0.2, 0.25) is 5.15 Å². The lowest BCUT2D eigenvalue weighted by Crippen LogP contribution is -1.98. The van der Waals surface area contributed by atoms with E-state index < -0.39 is 22.7 Å². The molecule has 1 aromatic rings. The zero-order valence-corrected chi connectivity index (χ0v) is 6.83. The van der Waals surface area contributed by atoms with Gasteiger partial charge in [0.25, 0.3) is 12.1 Å². The van der Waals surface area contributed by atoms with Crippen LogP contribution in [-0.2, 0) is 0 Å². The molecular formula is C6H3ClF2N2O2. The summed E-state index contributed by atoms with van der Waals surface area (Å²) in [4.78, 5) is 12.5. The average molecular weight is 209 g/mol. The van der Waals surface area contributed by atoms with E-state index in [0.29, 0.717) is 0 Å². The number of halogens is 3. The summed E-state index contributed by atoms with van der Waals surface area (Å²) in [7, 11) is 0. The standard InChI is InChI=1S/C6H3ClF2N2O2/c7-4-2-1-3(11(12)13)5(10-4)6(8)9/h1-2,6H. The first-order chi connectivity index (χ1) is 6.02. The molecule has 0 radical (unpaired) electrons. The van der Waals surface area contributed by atoms with Crippen LogP contribution in [0.3, 0.4) is 0 Å².